The summed E-state index contributed by atoms with van der Waals surface area (Å²) in [5.41, 5.74) is 1.46. The van der Waals surface area contributed by atoms with Gasteiger partial charge in [0, 0.05) is 5.56 Å². The van der Waals surface area contributed by atoms with Crippen LogP contribution in [0.4, 0.5) is 0 Å². The van der Waals surface area contributed by atoms with E-state index in [2.05, 4.69) is 0 Å². The number of hydrogen-bond donors (Lipinski definition) is 1. The highest BCUT2D eigenvalue weighted by Gasteiger charge is 2.26. The maximum atomic E-state index is 9.34. The van der Waals surface area contributed by atoms with E-state index in [9.17, 15) is 5.11 Å². The molecule has 0 spiro atoms. The molecule has 1 aliphatic rings. The third-order valence-electron chi connectivity index (χ3n) is 3.50. The molecule has 3 heteroatoms. The molecule has 0 saturated carbocycles. The number of rotatable bonds is 4. The average molecular weight is 282 g/mol. The van der Waals surface area contributed by atoms with Crippen molar-refractivity contribution in [1.82, 2.24) is 0 Å². The Morgan fingerprint density at radius 1 is 1.14 bits per heavy atom. The van der Waals surface area contributed by atoms with E-state index in [0.717, 1.165) is 22.6 Å². The zero-order valence-electron chi connectivity index (χ0n) is 12.0. The number of fused-ring (bicyclic) bond motifs is 1. The highest BCUT2D eigenvalue weighted by atomic mass is 16.5. The summed E-state index contributed by atoms with van der Waals surface area (Å²) in [5, 5.41) is 9.34. The highest BCUT2D eigenvalue weighted by molar-refractivity contribution is 5.62. The molecule has 0 radical (unpaired) electrons. The van der Waals surface area contributed by atoms with Crippen molar-refractivity contribution in [3.8, 4) is 11.5 Å². The van der Waals surface area contributed by atoms with Gasteiger partial charge in [-0.1, -0.05) is 36.4 Å². The molecule has 2 aromatic rings. The van der Waals surface area contributed by atoms with Gasteiger partial charge in [0.15, 0.2) is 0 Å². The molecule has 0 fully saturated rings. The lowest BCUT2D eigenvalue weighted by atomic mass is 10.0. The fourth-order valence-electron chi connectivity index (χ4n) is 2.22. The van der Waals surface area contributed by atoms with E-state index >= 15 is 0 Å². The molecule has 0 aliphatic carbocycles. The molecule has 108 valence electrons. The van der Waals surface area contributed by atoms with Crippen molar-refractivity contribution >= 4 is 6.08 Å². The third kappa shape index (κ3) is 3.09. The first-order chi connectivity index (χ1) is 10.2. The lowest BCUT2D eigenvalue weighted by Gasteiger charge is -2.29. The number of ether oxygens (including phenoxy) is 2. The minimum Gasteiger partial charge on any atom is -0.489 e. The van der Waals surface area contributed by atoms with Crippen LogP contribution in [0.25, 0.3) is 6.08 Å². The first kappa shape index (κ1) is 13.7. The van der Waals surface area contributed by atoms with Gasteiger partial charge >= 0.3 is 0 Å². The molecule has 0 aromatic heterocycles. The summed E-state index contributed by atoms with van der Waals surface area (Å²) in [6.45, 7) is 2.35. The summed E-state index contributed by atoms with van der Waals surface area (Å²) in [6.07, 6.45) is 3.83. The van der Waals surface area contributed by atoms with Gasteiger partial charge < -0.3 is 14.6 Å². The fourth-order valence-corrected chi connectivity index (χ4v) is 2.22. The number of aliphatic hydroxyl groups excluding tert-OH is 1. The van der Waals surface area contributed by atoms with Crippen LogP contribution in [0.3, 0.4) is 0 Å². The highest BCUT2D eigenvalue weighted by Crippen LogP contribution is 2.33. The normalized spacial score (nSPS) is 19.7. The van der Waals surface area contributed by atoms with E-state index in [1.807, 2.05) is 67.6 Å². The van der Waals surface area contributed by atoms with Gasteiger partial charge in [-0.05, 0) is 36.8 Å². The molecule has 1 heterocycles. The standard InChI is InChI=1S/C18H18O3/c1-18(13-19)10-9-15-11-16(7-8-17(15)21-18)20-12-14-5-3-2-4-6-14/h2-11,19H,12-13H2,1H3. The summed E-state index contributed by atoms with van der Waals surface area (Å²) < 4.78 is 11.6. The average Bonchev–Trinajstić information content (AvgIpc) is 2.54. The monoisotopic (exact) mass is 282 g/mol. The van der Waals surface area contributed by atoms with E-state index < -0.39 is 5.60 Å². The zero-order chi connectivity index (χ0) is 14.7. The number of hydrogen-bond acceptors (Lipinski definition) is 3. The van der Waals surface area contributed by atoms with Crippen LogP contribution in [0.1, 0.15) is 18.1 Å². The summed E-state index contributed by atoms with van der Waals surface area (Å²) in [4.78, 5) is 0. The Balaban J connectivity index is 1.73. The summed E-state index contributed by atoms with van der Waals surface area (Å²) in [5.74, 6) is 1.57. The molecule has 21 heavy (non-hydrogen) atoms. The van der Waals surface area contributed by atoms with Crippen molar-refractivity contribution < 1.29 is 14.6 Å². The van der Waals surface area contributed by atoms with Crippen LogP contribution < -0.4 is 9.47 Å². The van der Waals surface area contributed by atoms with Gasteiger partial charge in [-0.15, -0.1) is 0 Å². The SMILES string of the molecule is CC1(CO)C=Cc2cc(OCc3ccccc3)ccc2O1. The second kappa shape index (κ2) is 5.62. The van der Waals surface area contributed by atoms with Crippen molar-refractivity contribution in [2.24, 2.45) is 0 Å². The van der Waals surface area contributed by atoms with E-state index in [4.69, 9.17) is 9.47 Å². The van der Waals surface area contributed by atoms with Gasteiger partial charge in [0.1, 0.15) is 23.7 Å². The summed E-state index contributed by atoms with van der Waals surface area (Å²) in [7, 11) is 0. The molecule has 1 unspecified atom stereocenters. The maximum Gasteiger partial charge on any atom is 0.148 e. The van der Waals surface area contributed by atoms with Crippen molar-refractivity contribution in [3.05, 3.63) is 65.7 Å². The Bertz CT molecular complexity index is 649. The predicted octanol–water partition coefficient (Wildman–Crippen LogP) is 3.42. The molecule has 2 aromatic carbocycles. The molecule has 3 rings (SSSR count). The lowest BCUT2D eigenvalue weighted by molar-refractivity contribution is 0.0640. The molecule has 1 atom stereocenters. The predicted molar refractivity (Wildman–Crippen MR) is 82.4 cm³/mol. The molecule has 0 bridgehead atoms. The molecule has 1 N–H and O–H groups in total. The van der Waals surface area contributed by atoms with E-state index in [0.29, 0.717) is 6.61 Å². The molecule has 0 amide bonds. The number of aliphatic hydroxyl groups is 1. The van der Waals surface area contributed by atoms with E-state index in [1.54, 1.807) is 0 Å². The van der Waals surface area contributed by atoms with Crippen LogP contribution in [0.2, 0.25) is 0 Å². The lowest BCUT2D eigenvalue weighted by Crippen LogP contribution is -2.35. The topological polar surface area (TPSA) is 38.7 Å². The first-order valence-electron chi connectivity index (χ1n) is 6.98. The van der Waals surface area contributed by atoms with Gasteiger partial charge in [0.05, 0.1) is 6.61 Å². The van der Waals surface area contributed by atoms with Gasteiger partial charge in [0.25, 0.3) is 0 Å². The smallest absolute Gasteiger partial charge is 0.148 e. The molecule has 1 aliphatic heterocycles. The zero-order valence-corrected chi connectivity index (χ0v) is 12.0. The van der Waals surface area contributed by atoms with Crippen molar-refractivity contribution in [2.45, 2.75) is 19.1 Å². The minimum absolute atomic E-state index is 0.0464. The van der Waals surface area contributed by atoms with Crippen LogP contribution in [0, 0.1) is 0 Å². The fraction of sp³-hybridized carbons (Fsp3) is 0.222. The van der Waals surface area contributed by atoms with Gasteiger partial charge in [-0.25, -0.2) is 0 Å². The van der Waals surface area contributed by atoms with Gasteiger partial charge in [-0.3, -0.25) is 0 Å². The minimum atomic E-state index is -0.639. The third-order valence-corrected chi connectivity index (χ3v) is 3.50. The van der Waals surface area contributed by atoms with E-state index in [-0.39, 0.29) is 6.61 Å². The quantitative estimate of drug-likeness (QED) is 0.933. The Labute approximate surface area is 124 Å². The number of benzene rings is 2. The van der Waals surface area contributed by atoms with E-state index in [1.165, 1.54) is 0 Å². The first-order valence-corrected chi connectivity index (χ1v) is 6.98. The Morgan fingerprint density at radius 2 is 1.95 bits per heavy atom. The van der Waals surface area contributed by atoms with Crippen LogP contribution in [-0.2, 0) is 6.61 Å². The maximum absolute atomic E-state index is 9.34. The molecule has 0 saturated heterocycles. The summed E-state index contributed by atoms with van der Waals surface area (Å²) in [6, 6.07) is 15.8. The second-order valence-corrected chi connectivity index (χ2v) is 5.38. The van der Waals surface area contributed by atoms with Crippen molar-refractivity contribution in [2.75, 3.05) is 6.61 Å². The van der Waals surface area contributed by atoms with Crippen LogP contribution in [0.15, 0.2) is 54.6 Å². The van der Waals surface area contributed by atoms with Crippen LogP contribution in [0.5, 0.6) is 11.5 Å². The molecule has 3 nitrogen and oxygen atoms in total. The second-order valence-electron chi connectivity index (χ2n) is 5.38. The van der Waals surface area contributed by atoms with Crippen LogP contribution >= 0.6 is 0 Å². The van der Waals surface area contributed by atoms with Gasteiger partial charge in [-0.2, -0.15) is 0 Å². The Kier molecular flexibility index (Phi) is 3.67. The van der Waals surface area contributed by atoms with Crippen molar-refractivity contribution in [3.63, 3.8) is 0 Å². The Hall–Kier alpha value is -2.26. The molecular weight excluding hydrogens is 264 g/mol. The molecular formula is C18H18O3. The largest absolute Gasteiger partial charge is 0.489 e. The van der Waals surface area contributed by atoms with Crippen molar-refractivity contribution in [1.29, 1.82) is 0 Å². The van der Waals surface area contributed by atoms with Crippen LogP contribution in [-0.4, -0.2) is 17.3 Å². The Morgan fingerprint density at radius 3 is 2.71 bits per heavy atom. The van der Waals surface area contributed by atoms with Gasteiger partial charge in [0.2, 0.25) is 0 Å². The summed E-state index contributed by atoms with van der Waals surface area (Å²) >= 11 is 0.